The van der Waals surface area contributed by atoms with E-state index in [-0.39, 0.29) is 5.69 Å². The van der Waals surface area contributed by atoms with Crippen LogP contribution in [0.15, 0.2) is 24.1 Å². The third-order valence-corrected chi connectivity index (χ3v) is 4.04. The molecule has 0 amide bonds. The van der Waals surface area contributed by atoms with Crippen molar-refractivity contribution in [3.8, 4) is 17.2 Å². The number of hydrogen-bond acceptors (Lipinski definition) is 8. The van der Waals surface area contributed by atoms with E-state index < -0.39 is 5.97 Å². The summed E-state index contributed by atoms with van der Waals surface area (Å²) in [4.78, 5) is 15.9. The molecule has 1 N–H and O–H groups in total. The molecule has 2 aromatic rings. The molecule has 0 aliphatic rings. The maximum atomic E-state index is 11.7. The predicted molar refractivity (Wildman–Crippen MR) is 96.8 cm³/mol. The van der Waals surface area contributed by atoms with Crippen LogP contribution in [0.1, 0.15) is 23.0 Å². The number of hydrogen-bond donors (Lipinski definition) is 1. The Labute approximate surface area is 150 Å². The summed E-state index contributed by atoms with van der Waals surface area (Å²) < 4.78 is 20.9. The first kappa shape index (κ1) is 18.6. The number of esters is 1. The molecule has 7 nitrogen and oxygen atoms in total. The summed E-state index contributed by atoms with van der Waals surface area (Å²) in [5, 5.41) is 5.21. The minimum atomic E-state index is -0.457. The van der Waals surface area contributed by atoms with Crippen LogP contribution >= 0.6 is 11.3 Å². The molecule has 0 radical (unpaired) electrons. The molecule has 8 heteroatoms. The summed E-state index contributed by atoms with van der Waals surface area (Å²) in [5.41, 5.74) is 1.48. The molecule has 134 valence electrons. The Morgan fingerprint density at radius 1 is 1.16 bits per heavy atom. The van der Waals surface area contributed by atoms with Crippen LogP contribution in [0.3, 0.4) is 0 Å². The lowest BCUT2D eigenvalue weighted by atomic mass is 10.1. The second-order valence-corrected chi connectivity index (χ2v) is 5.63. The van der Waals surface area contributed by atoms with Crippen molar-refractivity contribution >= 4 is 28.1 Å². The van der Waals surface area contributed by atoms with Crippen molar-refractivity contribution in [1.82, 2.24) is 4.98 Å². The summed E-state index contributed by atoms with van der Waals surface area (Å²) in [6, 6.07) is 3.47. The fraction of sp³-hybridized carbons (Fsp3) is 0.294. The van der Waals surface area contributed by atoms with Crippen LogP contribution in [-0.4, -0.2) is 38.9 Å². The number of nitrogens with zero attached hydrogens (tertiary/aromatic N) is 1. The first-order valence-electron chi connectivity index (χ1n) is 7.43. The van der Waals surface area contributed by atoms with E-state index in [2.05, 4.69) is 16.9 Å². The fourth-order valence-corrected chi connectivity index (χ4v) is 2.80. The van der Waals surface area contributed by atoms with Gasteiger partial charge in [0.05, 0.1) is 27.9 Å². The molecule has 0 atom stereocenters. The lowest BCUT2D eigenvalue weighted by molar-refractivity contribution is 0.0520. The van der Waals surface area contributed by atoms with Crippen molar-refractivity contribution in [2.75, 3.05) is 33.3 Å². The van der Waals surface area contributed by atoms with Gasteiger partial charge in [0.15, 0.2) is 22.3 Å². The molecule has 0 fully saturated rings. The van der Waals surface area contributed by atoms with Gasteiger partial charge in [0, 0.05) is 22.7 Å². The minimum absolute atomic E-state index is 0.251. The van der Waals surface area contributed by atoms with Crippen LogP contribution in [-0.2, 0) is 4.74 Å². The van der Waals surface area contributed by atoms with E-state index in [1.54, 1.807) is 45.8 Å². The molecule has 0 spiro atoms. The van der Waals surface area contributed by atoms with Crippen LogP contribution in [0, 0.1) is 0 Å². The highest BCUT2D eigenvalue weighted by Gasteiger charge is 2.16. The summed E-state index contributed by atoms with van der Waals surface area (Å²) in [5.74, 6) is 1.21. The van der Waals surface area contributed by atoms with Gasteiger partial charge in [0.25, 0.3) is 0 Å². The summed E-state index contributed by atoms with van der Waals surface area (Å²) in [6.07, 6.45) is 0. The van der Waals surface area contributed by atoms with E-state index in [0.29, 0.717) is 40.2 Å². The first-order valence-corrected chi connectivity index (χ1v) is 8.30. The standard InChI is InChI=1S/C17H20N2O5S/c1-6-24-16(20)12-9-25-17(19-12)18-10(2)11-7-14(22-4)15(23-5)8-13(11)21-3/h7-9H,2,6H2,1,3-5H3,(H,18,19). The van der Waals surface area contributed by atoms with Crippen molar-refractivity contribution in [1.29, 1.82) is 0 Å². The lowest BCUT2D eigenvalue weighted by Crippen LogP contribution is -2.06. The number of thiazole rings is 1. The van der Waals surface area contributed by atoms with E-state index in [0.717, 1.165) is 0 Å². The van der Waals surface area contributed by atoms with Gasteiger partial charge in [-0.15, -0.1) is 11.3 Å². The zero-order valence-electron chi connectivity index (χ0n) is 14.5. The van der Waals surface area contributed by atoms with E-state index >= 15 is 0 Å². The highest BCUT2D eigenvalue weighted by molar-refractivity contribution is 7.14. The zero-order valence-corrected chi connectivity index (χ0v) is 15.4. The number of ether oxygens (including phenoxy) is 4. The van der Waals surface area contributed by atoms with E-state index in [1.165, 1.54) is 11.3 Å². The fourth-order valence-electron chi connectivity index (χ4n) is 2.09. The number of carbonyl (C=O) groups excluding carboxylic acids is 1. The van der Waals surface area contributed by atoms with Crippen LogP contribution in [0.4, 0.5) is 5.13 Å². The smallest absolute Gasteiger partial charge is 0.357 e. The molecule has 25 heavy (non-hydrogen) atoms. The second kappa shape index (κ2) is 8.39. The molecule has 1 heterocycles. The molecule has 1 aromatic heterocycles. The Morgan fingerprint density at radius 3 is 2.40 bits per heavy atom. The van der Waals surface area contributed by atoms with Gasteiger partial charge < -0.3 is 24.3 Å². The Kier molecular flexibility index (Phi) is 6.24. The van der Waals surface area contributed by atoms with Gasteiger partial charge in [-0.2, -0.15) is 0 Å². The predicted octanol–water partition coefficient (Wildman–Crippen LogP) is 3.43. The minimum Gasteiger partial charge on any atom is -0.496 e. The molecule has 0 aliphatic carbocycles. The van der Waals surface area contributed by atoms with E-state index in [1.807, 2.05) is 0 Å². The van der Waals surface area contributed by atoms with E-state index in [9.17, 15) is 4.79 Å². The number of anilines is 1. The summed E-state index contributed by atoms with van der Waals surface area (Å²) in [6.45, 7) is 6.06. The van der Waals surface area contributed by atoms with Crippen molar-refractivity contribution in [3.05, 3.63) is 35.3 Å². The highest BCUT2D eigenvalue weighted by Crippen LogP contribution is 2.37. The molecular formula is C17H20N2O5S. The SMILES string of the molecule is C=C(Nc1nc(C(=O)OCC)cs1)c1cc(OC)c(OC)cc1OC. The molecule has 0 unspecified atom stereocenters. The molecule has 2 rings (SSSR count). The number of rotatable bonds is 8. The molecule has 0 saturated carbocycles. The van der Waals surface area contributed by atoms with Crippen molar-refractivity contribution in [3.63, 3.8) is 0 Å². The second-order valence-electron chi connectivity index (χ2n) is 4.77. The number of carbonyl (C=O) groups is 1. The Hall–Kier alpha value is -2.74. The molecule has 0 aliphatic heterocycles. The highest BCUT2D eigenvalue weighted by atomic mass is 32.1. The number of nitrogens with one attached hydrogen (secondary N) is 1. The number of methoxy groups -OCH3 is 3. The first-order chi connectivity index (χ1) is 12.0. The van der Waals surface area contributed by atoms with Gasteiger partial charge in [-0.1, -0.05) is 6.58 Å². The van der Waals surface area contributed by atoms with Crippen LogP contribution in [0.2, 0.25) is 0 Å². The molecule has 0 saturated heterocycles. The Bertz CT molecular complexity index is 772. The van der Waals surface area contributed by atoms with Gasteiger partial charge >= 0.3 is 5.97 Å². The summed E-state index contributed by atoms with van der Waals surface area (Å²) in [7, 11) is 4.66. The Balaban J connectivity index is 2.24. The number of aromatic nitrogens is 1. The normalized spacial score (nSPS) is 10.1. The van der Waals surface area contributed by atoms with Gasteiger partial charge in [0.2, 0.25) is 0 Å². The zero-order chi connectivity index (χ0) is 18.4. The van der Waals surface area contributed by atoms with Crippen LogP contribution in [0.25, 0.3) is 5.70 Å². The topological polar surface area (TPSA) is 78.9 Å². The van der Waals surface area contributed by atoms with Crippen molar-refractivity contribution < 1.29 is 23.7 Å². The maximum absolute atomic E-state index is 11.7. The van der Waals surface area contributed by atoms with Gasteiger partial charge in [0.1, 0.15) is 5.75 Å². The molecule has 0 bridgehead atoms. The quantitative estimate of drug-likeness (QED) is 0.719. The number of benzene rings is 1. The Morgan fingerprint density at radius 2 is 1.80 bits per heavy atom. The lowest BCUT2D eigenvalue weighted by Gasteiger charge is -2.15. The van der Waals surface area contributed by atoms with Crippen LogP contribution in [0.5, 0.6) is 17.2 Å². The molecule has 1 aromatic carbocycles. The summed E-state index contributed by atoms with van der Waals surface area (Å²) >= 11 is 1.28. The van der Waals surface area contributed by atoms with E-state index in [4.69, 9.17) is 18.9 Å². The average Bonchev–Trinajstić information content (AvgIpc) is 3.09. The van der Waals surface area contributed by atoms with Gasteiger partial charge in [-0.25, -0.2) is 9.78 Å². The van der Waals surface area contributed by atoms with Crippen molar-refractivity contribution in [2.24, 2.45) is 0 Å². The average molecular weight is 364 g/mol. The van der Waals surface area contributed by atoms with Crippen molar-refractivity contribution in [2.45, 2.75) is 6.92 Å². The maximum Gasteiger partial charge on any atom is 0.357 e. The third kappa shape index (κ3) is 4.21. The molecular weight excluding hydrogens is 344 g/mol. The third-order valence-electron chi connectivity index (χ3n) is 3.28. The largest absolute Gasteiger partial charge is 0.496 e. The van der Waals surface area contributed by atoms with Crippen LogP contribution < -0.4 is 19.5 Å². The van der Waals surface area contributed by atoms with Gasteiger partial charge in [-0.05, 0) is 13.0 Å². The van der Waals surface area contributed by atoms with Gasteiger partial charge in [-0.3, -0.25) is 0 Å². The monoisotopic (exact) mass is 364 g/mol.